The van der Waals surface area contributed by atoms with E-state index in [1.165, 1.54) is 0 Å². The molecule has 0 radical (unpaired) electrons. The predicted octanol–water partition coefficient (Wildman–Crippen LogP) is 3.45. The lowest BCUT2D eigenvalue weighted by molar-refractivity contribution is 0.0940. The van der Waals surface area contributed by atoms with Gasteiger partial charge in [-0.15, -0.1) is 0 Å². The second-order valence-corrected chi connectivity index (χ2v) is 7.70. The van der Waals surface area contributed by atoms with Crippen molar-refractivity contribution in [1.29, 1.82) is 0 Å². The smallest absolute Gasteiger partial charge is 0.289 e. The van der Waals surface area contributed by atoms with E-state index in [0.717, 1.165) is 44.5 Å². The first kappa shape index (κ1) is 20.4. The highest BCUT2D eigenvalue weighted by Gasteiger charge is 2.13. The molecule has 0 spiro atoms. The number of nitrogens with one attached hydrogen (secondary N) is 1. The number of amides is 1. The van der Waals surface area contributed by atoms with Crippen LogP contribution in [0.15, 0.2) is 48.8 Å². The summed E-state index contributed by atoms with van der Waals surface area (Å²) in [5.41, 5.74) is 12.5. The average Bonchev–Trinajstić information content (AvgIpc) is 2.72. The Bertz CT molecular complexity index is 1260. The van der Waals surface area contributed by atoms with E-state index >= 15 is 0 Å². The zero-order valence-electron chi connectivity index (χ0n) is 17.8. The molecule has 1 aromatic carbocycles. The zero-order chi connectivity index (χ0) is 22.0. The van der Waals surface area contributed by atoms with Crippen molar-refractivity contribution in [3.8, 4) is 0 Å². The molecule has 4 aromatic rings. The fourth-order valence-corrected chi connectivity index (χ4v) is 3.62. The van der Waals surface area contributed by atoms with Gasteiger partial charge in [-0.3, -0.25) is 9.78 Å². The van der Waals surface area contributed by atoms with Gasteiger partial charge in [0.25, 0.3) is 5.91 Å². The molecule has 0 fully saturated rings. The Balaban J connectivity index is 1.48. The molecule has 0 saturated carbocycles. The molecule has 0 aliphatic carbocycles. The molecule has 7 heteroatoms. The number of carbonyl (C=O) groups excluding carboxylic acids is 1. The van der Waals surface area contributed by atoms with Gasteiger partial charge >= 0.3 is 0 Å². The minimum absolute atomic E-state index is 0.148. The average molecular weight is 412 g/mol. The van der Waals surface area contributed by atoms with Crippen molar-refractivity contribution in [2.24, 2.45) is 0 Å². The summed E-state index contributed by atoms with van der Waals surface area (Å²) < 4.78 is 0. The van der Waals surface area contributed by atoms with E-state index in [4.69, 9.17) is 5.73 Å². The Labute approximate surface area is 180 Å². The summed E-state index contributed by atoms with van der Waals surface area (Å²) in [6.45, 7) is 6.19. The standard InChI is InChI=1S/C24H24N6O/c1-14-8-18-10-17(4-5-21(18)27-12-14)11-19-6-7-26-23(30-19)24(31)28-13-20-15(2)9-22(25)29-16(20)3/h4-10,12H,11,13H2,1-3H3,(H2,25,29)(H,28,31). The van der Waals surface area contributed by atoms with Crippen molar-refractivity contribution in [1.82, 2.24) is 25.3 Å². The Morgan fingerprint density at radius 3 is 2.68 bits per heavy atom. The number of aryl methyl sites for hydroxylation is 3. The van der Waals surface area contributed by atoms with Crippen molar-refractivity contribution in [2.75, 3.05) is 5.73 Å². The molecule has 1 amide bonds. The van der Waals surface area contributed by atoms with Gasteiger partial charge in [-0.1, -0.05) is 6.07 Å². The fourth-order valence-electron chi connectivity index (χ4n) is 3.62. The summed E-state index contributed by atoms with van der Waals surface area (Å²) in [6.07, 6.45) is 4.08. The normalized spacial score (nSPS) is 10.9. The number of benzene rings is 1. The summed E-state index contributed by atoms with van der Waals surface area (Å²) in [5.74, 6) is 0.297. The number of nitrogens with two attached hydrogens (primary N) is 1. The number of nitrogens with zero attached hydrogens (tertiary/aromatic N) is 4. The topological polar surface area (TPSA) is 107 Å². The van der Waals surface area contributed by atoms with Crippen LogP contribution in [0.5, 0.6) is 0 Å². The highest BCUT2D eigenvalue weighted by atomic mass is 16.2. The monoisotopic (exact) mass is 412 g/mol. The minimum atomic E-state index is -0.323. The van der Waals surface area contributed by atoms with Crippen LogP contribution in [-0.4, -0.2) is 25.8 Å². The van der Waals surface area contributed by atoms with E-state index in [0.29, 0.717) is 18.8 Å². The van der Waals surface area contributed by atoms with Crippen LogP contribution in [0.3, 0.4) is 0 Å². The Morgan fingerprint density at radius 2 is 1.87 bits per heavy atom. The minimum Gasteiger partial charge on any atom is -0.384 e. The number of hydrogen-bond acceptors (Lipinski definition) is 6. The summed E-state index contributed by atoms with van der Waals surface area (Å²) in [7, 11) is 0. The molecular weight excluding hydrogens is 388 g/mol. The van der Waals surface area contributed by atoms with Crippen LogP contribution in [0.4, 0.5) is 5.82 Å². The van der Waals surface area contributed by atoms with E-state index in [-0.39, 0.29) is 11.7 Å². The van der Waals surface area contributed by atoms with Crippen LogP contribution < -0.4 is 11.1 Å². The fraction of sp³-hybridized carbons (Fsp3) is 0.208. The third kappa shape index (κ3) is 4.66. The molecule has 0 atom stereocenters. The number of pyridine rings is 2. The van der Waals surface area contributed by atoms with Crippen molar-refractivity contribution >= 4 is 22.6 Å². The number of anilines is 1. The van der Waals surface area contributed by atoms with Gasteiger partial charge in [0.1, 0.15) is 5.82 Å². The maximum Gasteiger partial charge on any atom is 0.289 e. The second-order valence-electron chi connectivity index (χ2n) is 7.70. The molecular formula is C24H24N6O. The number of hydrogen-bond donors (Lipinski definition) is 2. The SMILES string of the molecule is Cc1cnc2ccc(Cc3ccnc(C(=O)NCc4c(C)cc(N)nc4C)n3)cc2c1. The highest BCUT2D eigenvalue weighted by Crippen LogP contribution is 2.18. The summed E-state index contributed by atoms with van der Waals surface area (Å²) >= 11 is 0. The Morgan fingerprint density at radius 1 is 1.03 bits per heavy atom. The van der Waals surface area contributed by atoms with Gasteiger partial charge in [-0.25, -0.2) is 15.0 Å². The highest BCUT2D eigenvalue weighted by molar-refractivity contribution is 5.90. The van der Waals surface area contributed by atoms with Gasteiger partial charge in [0.15, 0.2) is 0 Å². The van der Waals surface area contributed by atoms with Crippen molar-refractivity contribution in [3.63, 3.8) is 0 Å². The Kier molecular flexibility index (Phi) is 5.58. The number of aromatic nitrogens is 4. The van der Waals surface area contributed by atoms with Crippen LogP contribution in [0.1, 0.15) is 44.3 Å². The molecule has 4 rings (SSSR count). The maximum absolute atomic E-state index is 12.6. The van der Waals surface area contributed by atoms with Crippen LogP contribution in [0.2, 0.25) is 0 Å². The van der Waals surface area contributed by atoms with Gasteiger partial charge in [0.05, 0.1) is 5.52 Å². The van der Waals surface area contributed by atoms with Crippen molar-refractivity contribution in [2.45, 2.75) is 33.7 Å². The molecule has 7 nitrogen and oxygen atoms in total. The molecule has 0 saturated heterocycles. The summed E-state index contributed by atoms with van der Waals surface area (Å²) in [4.78, 5) is 29.9. The molecule has 0 bridgehead atoms. The molecule has 0 aliphatic rings. The van der Waals surface area contributed by atoms with Crippen molar-refractivity contribution < 1.29 is 4.79 Å². The molecule has 0 aliphatic heterocycles. The molecule has 3 aromatic heterocycles. The van der Waals surface area contributed by atoms with Gasteiger partial charge in [0, 0.05) is 42.1 Å². The summed E-state index contributed by atoms with van der Waals surface area (Å²) in [5, 5.41) is 3.98. The third-order valence-corrected chi connectivity index (χ3v) is 5.18. The van der Waals surface area contributed by atoms with E-state index in [9.17, 15) is 4.79 Å². The van der Waals surface area contributed by atoms with Crippen LogP contribution in [0.25, 0.3) is 10.9 Å². The summed E-state index contributed by atoms with van der Waals surface area (Å²) in [6, 6.07) is 11.9. The molecule has 3 N–H and O–H groups in total. The number of carbonyl (C=O) groups is 1. The Hall–Kier alpha value is -3.87. The van der Waals surface area contributed by atoms with Crippen LogP contribution in [-0.2, 0) is 13.0 Å². The third-order valence-electron chi connectivity index (χ3n) is 5.18. The van der Waals surface area contributed by atoms with E-state index in [1.807, 2.05) is 45.2 Å². The van der Waals surface area contributed by atoms with E-state index in [1.54, 1.807) is 12.3 Å². The quantitative estimate of drug-likeness (QED) is 0.520. The number of rotatable bonds is 5. The number of fused-ring (bicyclic) bond motifs is 1. The number of nitrogen functional groups attached to an aromatic ring is 1. The predicted molar refractivity (Wildman–Crippen MR) is 121 cm³/mol. The largest absolute Gasteiger partial charge is 0.384 e. The molecule has 156 valence electrons. The van der Waals surface area contributed by atoms with Crippen molar-refractivity contribution in [3.05, 3.63) is 88.3 Å². The first-order chi connectivity index (χ1) is 14.9. The first-order valence-corrected chi connectivity index (χ1v) is 10.1. The lowest BCUT2D eigenvalue weighted by Gasteiger charge is -2.11. The van der Waals surface area contributed by atoms with Gasteiger partial charge in [0.2, 0.25) is 5.82 Å². The van der Waals surface area contributed by atoms with Crippen LogP contribution in [0, 0.1) is 20.8 Å². The zero-order valence-corrected chi connectivity index (χ0v) is 17.8. The molecule has 31 heavy (non-hydrogen) atoms. The molecule has 3 heterocycles. The lowest BCUT2D eigenvalue weighted by atomic mass is 10.1. The van der Waals surface area contributed by atoms with E-state index < -0.39 is 0 Å². The van der Waals surface area contributed by atoms with Gasteiger partial charge in [-0.05, 0) is 73.4 Å². The maximum atomic E-state index is 12.6. The molecule has 0 unspecified atom stereocenters. The first-order valence-electron chi connectivity index (χ1n) is 10.1. The van der Waals surface area contributed by atoms with Gasteiger partial charge in [-0.2, -0.15) is 0 Å². The van der Waals surface area contributed by atoms with Crippen LogP contribution >= 0.6 is 0 Å². The lowest BCUT2D eigenvalue weighted by Crippen LogP contribution is -2.26. The second kappa shape index (κ2) is 8.47. The van der Waals surface area contributed by atoms with Gasteiger partial charge < -0.3 is 11.1 Å². The van der Waals surface area contributed by atoms with E-state index in [2.05, 4.69) is 37.4 Å².